The Morgan fingerprint density at radius 1 is 1.42 bits per heavy atom. The van der Waals surface area contributed by atoms with Crippen LogP contribution in [0.4, 0.5) is 10.2 Å². The highest BCUT2D eigenvalue weighted by Gasteiger charge is 2.28. The molecule has 1 aromatic heterocycles. The summed E-state index contributed by atoms with van der Waals surface area (Å²) in [6, 6.07) is 7.21. The number of amides is 2. The molecule has 2 atom stereocenters. The van der Waals surface area contributed by atoms with Crippen molar-refractivity contribution < 1.29 is 14.0 Å². The van der Waals surface area contributed by atoms with Gasteiger partial charge in [-0.15, -0.1) is 0 Å². The van der Waals surface area contributed by atoms with Gasteiger partial charge in [-0.3, -0.25) is 14.9 Å². The second-order valence-electron chi connectivity index (χ2n) is 6.41. The summed E-state index contributed by atoms with van der Waals surface area (Å²) in [6.07, 6.45) is 1.69. The first-order valence-corrected chi connectivity index (χ1v) is 8.64. The van der Waals surface area contributed by atoms with Crippen molar-refractivity contribution in [2.75, 3.05) is 5.32 Å². The number of carbonyl (C=O) groups is 2. The van der Waals surface area contributed by atoms with E-state index in [1.54, 1.807) is 13.0 Å². The van der Waals surface area contributed by atoms with Crippen molar-refractivity contribution in [3.05, 3.63) is 47.4 Å². The van der Waals surface area contributed by atoms with Crippen molar-refractivity contribution in [3.8, 4) is 0 Å². The van der Waals surface area contributed by atoms with Crippen LogP contribution in [0.3, 0.4) is 0 Å². The molecule has 1 aliphatic rings. The van der Waals surface area contributed by atoms with Gasteiger partial charge in [-0.25, -0.2) is 9.07 Å². The van der Waals surface area contributed by atoms with Crippen LogP contribution in [0.15, 0.2) is 30.3 Å². The molecule has 2 amide bonds. The lowest BCUT2D eigenvalue weighted by atomic mass is 10.1. The first-order valence-electron chi connectivity index (χ1n) is 8.64. The third-order valence-corrected chi connectivity index (χ3v) is 4.19. The lowest BCUT2D eigenvalue weighted by molar-refractivity contribution is -0.125. The summed E-state index contributed by atoms with van der Waals surface area (Å²) in [5, 5.41) is 13.3. The van der Waals surface area contributed by atoms with Crippen LogP contribution in [0.5, 0.6) is 0 Å². The molecule has 3 N–H and O–H groups in total. The van der Waals surface area contributed by atoms with Crippen LogP contribution in [-0.2, 0) is 4.79 Å². The van der Waals surface area contributed by atoms with Crippen molar-refractivity contribution in [1.82, 2.24) is 20.4 Å². The molecule has 138 valence electrons. The van der Waals surface area contributed by atoms with E-state index >= 15 is 0 Å². The minimum absolute atomic E-state index is 0.0510. The largest absolute Gasteiger partial charge is 0.322 e. The van der Waals surface area contributed by atoms with Gasteiger partial charge in [0.25, 0.3) is 5.91 Å². The molecule has 2 aromatic rings. The summed E-state index contributed by atoms with van der Waals surface area (Å²) in [4.78, 5) is 24.4. The van der Waals surface area contributed by atoms with Crippen LogP contribution in [0.1, 0.15) is 48.5 Å². The number of aryl methyl sites for hydroxylation is 1. The lowest BCUT2D eigenvalue weighted by Crippen LogP contribution is -2.53. The number of halogens is 1. The summed E-state index contributed by atoms with van der Waals surface area (Å²) in [7, 11) is 0. The maximum atomic E-state index is 13.3. The Kier molecular flexibility index (Phi) is 5.32. The fourth-order valence-electron chi connectivity index (χ4n) is 3.05. The molecule has 0 bridgehead atoms. The molecule has 0 radical (unpaired) electrons. The third kappa shape index (κ3) is 4.08. The van der Waals surface area contributed by atoms with E-state index in [0.717, 1.165) is 12.8 Å². The molecule has 26 heavy (non-hydrogen) atoms. The highest BCUT2D eigenvalue weighted by atomic mass is 19.1. The zero-order valence-corrected chi connectivity index (χ0v) is 14.8. The lowest BCUT2D eigenvalue weighted by Gasteiger charge is -2.32. The van der Waals surface area contributed by atoms with E-state index in [9.17, 15) is 14.0 Å². The molecule has 7 nitrogen and oxygen atoms in total. The number of benzene rings is 1. The SMILES string of the molecule is CCCC1CC(=O)NC(n2nc(C)cc2NC(=O)c2cccc(F)c2)N1. The first-order chi connectivity index (χ1) is 12.5. The van der Waals surface area contributed by atoms with E-state index in [1.807, 2.05) is 0 Å². The quantitative estimate of drug-likeness (QED) is 0.764. The van der Waals surface area contributed by atoms with Gasteiger partial charge in [0, 0.05) is 24.1 Å². The fraction of sp³-hybridized carbons (Fsp3) is 0.389. The fourth-order valence-corrected chi connectivity index (χ4v) is 3.05. The maximum absolute atomic E-state index is 13.3. The number of aromatic nitrogens is 2. The molecule has 2 unspecified atom stereocenters. The van der Waals surface area contributed by atoms with Crippen molar-refractivity contribution in [2.45, 2.75) is 45.4 Å². The molecular weight excluding hydrogens is 337 g/mol. The molecule has 1 saturated heterocycles. The molecule has 2 heterocycles. The molecule has 0 aliphatic carbocycles. The number of hydrogen-bond acceptors (Lipinski definition) is 4. The van der Waals surface area contributed by atoms with Gasteiger partial charge in [0.2, 0.25) is 5.91 Å². The van der Waals surface area contributed by atoms with Gasteiger partial charge in [0.15, 0.2) is 6.29 Å². The van der Waals surface area contributed by atoms with E-state index in [1.165, 1.54) is 28.9 Å². The zero-order chi connectivity index (χ0) is 18.7. The minimum atomic E-state index is -0.552. The molecule has 1 aliphatic heterocycles. The second kappa shape index (κ2) is 7.65. The Balaban J connectivity index is 1.81. The van der Waals surface area contributed by atoms with Gasteiger partial charge < -0.3 is 10.6 Å². The third-order valence-electron chi connectivity index (χ3n) is 4.19. The van der Waals surface area contributed by atoms with Crippen LogP contribution >= 0.6 is 0 Å². The topological polar surface area (TPSA) is 88.1 Å². The van der Waals surface area contributed by atoms with Crippen LogP contribution in [0.25, 0.3) is 0 Å². The average Bonchev–Trinajstić information content (AvgIpc) is 2.95. The van der Waals surface area contributed by atoms with E-state index < -0.39 is 18.0 Å². The predicted octanol–water partition coefficient (Wildman–Crippen LogP) is 2.32. The number of hydrogen-bond donors (Lipinski definition) is 3. The molecule has 3 rings (SSSR count). The average molecular weight is 359 g/mol. The minimum Gasteiger partial charge on any atom is -0.322 e. The van der Waals surface area contributed by atoms with Gasteiger partial charge in [-0.2, -0.15) is 5.10 Å². The van der Waals surface area contributed by atoms with Gasteiger partial charge in [-0.1, -0.05) is 19.4 Å². The van der Waals surface area contributed by atoms with Crippen molar-refractivity contribution >= 4 is 17.6 Å². The smallest absolute Gasteiger partial charge is 0.256 e. The Labute approximate surface area is 151 Å². The van der Waals surface area contributed by atoms with E-state index in [-0.39, 0.29) is 17.5 Å². The normalized spacial score (nSPS) is 19.9. The standard InChI is InChI=1S/C18H22FN5O2/c1-3-5-14-10-16(25)22-18(20-14)24-15(8-11(2)23-24)21-17(26)12-6-4-7-13(19)9-12/h4,6-9,14,18,20H,3,5,10H2,1-2H3,(H,21,26)(H,22,25). The number of anilines is 1. The van der Waals surface area contributed by atoms with Gasteiger partial charge >= 0.3 is 0 Å². The summed E-state index contributed by atoms with van der Waals surface area (Å²) in [6.45, 7) is 3.86. The molecule has 8 heteroatoms. The van der Waals surface area contributed by atoms with Gasteiger partial charge in [0.05, 0.1) is 5.69 Å². The van der Waals surface area contributed by atoms with Crippen LogP contribution in [0, 0.1) is 12.7 Å². The summed E-state index contributed by atoms with van der Waals surface area (Å²) >= 11 is 0. The van der Waals surface area contributed by atoms with Crippen LogP contribution < -0.4 is 16.0 Å². The van der Waals surface area contributed by atoms with Crippen LogP contribution in [-0.4, -0.2) is 27.6 Å². The monoisotopic (exact) mass is 359 g/mol. The van der Waals surface area contributed by atoms with Crippen molar-refractivity contribution in [2.24, 2.45) is 0 Å². The van der Waals surface area contributed by atoms with Gasteiger partial charge in [0.1, 0.15) is 11.6 Å². The van der Waals surface area contributed by atoms with Crippen molar-refractivity contribution in [3.63, 3.8) is 0 Å². The Hall–Kier alpha value is -2.74. The number of carbonyl (C=O) groups excluding carboxylic acids is 2. The van der Waals surface area contributed by atoms with E-state index in [2.05, 4.69) is 28.0 Å². The number of nitrogens with zero attached hydrogens (tertiary/aromatic N) is 2. The highest BCUT2D eigenvalue weighted by Crippen LogP contribution is 2.19. The highest BCUT2D eigenvalue weighted by molar-refractivity contribution is 6.03. The molecular formula is C18H22FN5O2. The predicted molar refractivity (Wildman–Crippen MR) is 94.9 cm³/mol. The Bertz CT molecular complexity index is 820. The van der Waals surface area contributed by atoms with Crippen LogP contribution in [0.2, 0.25) is 0 Å². The van der Waals surface area contributed by atoms with E-state index in [0.29, 0.717) is 17.9 Å². The van der Waals surface area contributed by atoms with E-state index in [4.69, 9.17) is 0 Å². The molecule has 1 fully saturated rings. The van der Waals surface area contributed by atoms with Crippen molar-refractivity contribution in [1.29, 1.82) is 0 Å². The number of rotatable bonds is 5. The maximum Gasteiger partial charge on any atom is 0.256 e. The zero-order valence-electron chi connectivity index (χ0n) is 14.8. The summed E-state index contributed by atoms with van der Waals surface area (Å²) < 4.78 is 14.9. The molecule has 0 saturated carbocycles. The Morgan fingerprint density at radius 2 is 2.23 bits per heavy atom. The second-order valence-corrected chi connectivity index (χ2v) is 6.41. The number of nitrogens with one attached hydrogen (secondary N) is 3. The summed E-state index contributed by atoms with van der Waals surface area (Å²) in [5.41, 5.74) is 0.896. The first kappa shape index (κ1) is 18.1. The molecule has 1 aromatic carbocycles. The summed E-state index contributed by atoms with van der Waals surface area (Å²) in [5.74, 6) is -0.571. The molecule has 0 spiro atoms. The van der Waals surface area contributed by atoms with Gasteiger partial charge in [-0.05, 0) is 31.5 Å². The Morgan fingerprint density at radius 3 is 2.96 bits per heavy atom.